The summed E-state index contributed by atoms with van der Waals surface area (Å²) in [6.07, 6.45) is 1.74. The molecule has 0 radical (unpaired) electrons. The number of carbonyl (C=O) groups is 2. The van der Waals surface area contributed by atoms with Crippen molar-refractivity contribution >= 4 is 12.0 Å². The molecule has 2 aliphatic heterocycles. The van der Waals surface area contributed by atoms with Crippen molar-refractivity contribution < 1.29 is 28.5 Å². The first kappa shape index (κ1) is 22.7. The third kappa shape index (κ3) is 5.46. The Kier molecular flexibility index (Phi) is 7.14. The van der Waals surface area contributed by atoms with Crippen LogP contribution >= 0.6 is 0 Å². The minimum atomic E-state index is -0.694. The van der Waals surface area contributed by atoms with E-state index < -0.39 is 18.0 Å². The highest BCUT2D eigenvalue weighted by atomic mass is 16.6. The van der Waals surface area contributed by atoms with Gasteiger partial charge in [0.15, 0.2) is 11.5 Å². The molecule has 2 aromatic carbocycles. The van der Waals surface area contributed by atoms with Crippen LogP contribution in [0, 0.1) is 0 Å². The average molecular weight is 453 g/mol. The molecule has 174 valence electrons. The molecule has 4 rings (SSSR count). The maximum Gasteiger partial charge on any atom is 0.338 e. The third-order valence-electron chi connectivity index (χ3n) is 5.67. The molecule has 1 saturated heterocycles. The molecule has 2 amide bonds. The molecule has 0 bridgehead atoms. The zero-order chi connectivity index (χ0) is 23.2. The molecule has 0 spiro atoms. The second kappa shape index (κ2) is 10.4. The highest BCUT2D eigenvalue weighted by Crippen LogP contribution is 2.35. The Labute approximate surface area is 192 Å². The average Bonchev–Trinajstić information content (AvgIpc) is 3.35. The third-order valence-corrected chi connectivity index (χ3v) is 5.67. The predicted molar refractivity (Wildman–Crippen MR) is 121 cm³/mol. The van der Waals surface area contributed by atoms with Crippen LogP contribution in [0.4, 0.5) is 4.79 Å². The molecule has 33 heavy (non-hydrogen) atoms. The van der Waals surface area contributed by atoms with E-state index in [1.165, 1.54) is 0 Å². The van der Waals surface area contributed by atoms with Gasteiger partial charge in [0, 0.05) is 12.3 Å². The lowest BCUT2D eigenvalue weighted by atomic mass is 9.95. The van der Waals surface area contributed by atoms with E-state index in [4.69, 9.17) is 18.9 Å². The monoisotopic (exact) mass is 452 g/mol. The molecule has 8 nitrogen and oxygen atoms in total. The van der Waals surface area contributed by atoms with Crippen molar-refractivity contribution in [1.82, 2.24) is 10.6 Å². The van der Waals surface area contributed by atoms with Crippen LogP contribution in [-0.2, 0) is 20.9 Å². The van der Waals surface area contributed by atoms with E-state index in [9.17, 15) is 9.59 Å². The summed E-state index contributed by atoms with van der Waals surface area (Å²) in [6, 6.07) is 14.0. The first-order chi connectivity index (χ1) is 16.0. The number of nitrogens with one attached hydrogen (secondary N) is 2. The fraction of sp³-hybridized carbons (Fsp3) is 0.360. The van der Waals surface area contributed by atoms with Crippen LogP contribution in [-0.4, -0.2) is 38.4 Å². The highest BCUT2D eigenvalue weighted by molar-refractivity contribution is 5.95. The molecule has 1 fully saturated rings. The lowest BCUT2D eigenvalue weighted by Crippen LogP contribution is -2.45. The lowest BCUT2D eigenvalue weighted by Gasteiger charge is -2.28. The summed E-state index contributed by atoms with van der Waals surface area (Å²) in [4.78, 5) is 25.2. The number of rotatable bonds is 8. The Bertz CT molecular complexity index is 1030. The van der Waals surface area contributed by atoms with Crippen molar-refractivity contribution in [3.8, 4) is 11.5 Å². The van der Waals surface area contributed by atoms with Gasteiger partial charge in [0.25, 0.3) is 0 Å². The van der Waals surface area contributed by atoms with Gasteiger partial charge in [-0.1, -0.05) is 36.4 Å². The standard InChI is InChI=1S/C25H28N2O6/c1-16-22(24(28)33-15-19-9-6-12-31-19)23(27-25(29)26-16)18-10-11-20(30-2)21(13-18)32-14-17-7-4-3-5-8-17/h3-5,7-8,10-11,13,19,23H,6,9,12,14-15H2,1-2H3,(H2,26,27,29)/t19-,23+/m1/s1. The molecule has 8 heteroatoms. The molecule has 0 aliphatic carbocycles. The van der Waals surface area contributed by atoms with Gasteiger partial charge in [-0.25, -0.2) is 9.59 Å². The number of ether oxygens (including phenoxy) is 4. The summed E-state index contributed by atoms with van der Waals surface area (Å²) in [5.74, 6) is 0.567. The van der Waals surface area contributed by atoms with Gasteiger partial charge >= 0.3 is 12.0 Å². The molecule has 2 aliphatic rings. The van der Waals surface area contributed by atoms with Gasteiger partial charge in [0.2, 0.25) is 0 Å². The van der Waals surface area contributed by atoms with Gasteiger partial charge in [0.05, 0.1) is 24.8 Å². The molecule has 0 unspecified atom stereocenters. The minimum absolute atomic E-state index is 0.0848. The quantitative estimate of drug-likeness (QED) is 0.594. The van der Waals surface area contributed by atoms with Crippen LogP contribution in [0.3, 0.4) is 0 Å². The van der Waals surface area contributed by atoms with Gasteiger partial charge in [-0.3, -0.25) is 0 Å². The Morgan fingerprint density at radius 3 is 2.70 bits per heavy atom. The van der Waals surface area contributed by atoms with Crippen molar-refractivity contribution in [1.29, 1.82) is 0 Å². The summed E-state index contributed by atoms with van der Waals surface area (Å²) >= 11 is 0. The van der Waals surface area contributed by atoms with Crippen LogP contribution in [0.1, 0.15) is 36.9 Å². The number of esters is 1. The Hall–Kier alpha value is -3.52. The summed E-state index contributed by atoms with van der Waals surface area (Å²) in [5, 5.41) is 5.49. The van der Waals surface area contributed by atoms with Crippen LogP contribution in [0.2, 0.25) is 0 Å². The molecule has 2 heterocycles. The zero-order valence-electron chi connectivity index (χ0n) is 18.8. The van der Waals surface area contributed by atoms with E-state index >= 15 is 0 Å². The van der Waals surface area contributed by atoms with Crippen molar-refractivity contribution in [2.45, 2.75) is 38.5 Å². The summed E-state index contributed by atoms with van der Waals surface area (Å²) in [7, 11) is 1.56. The molecular weight excluding hydrogens is 424 g/mol. The summed E-state index contributed by atoms with van der Waals surface area (Å²) in [5.41, 5.74) is 2.47. The SMILES string of the molecule is COc1ccc([C@@H]2NC(=O)NC(C)=C2C(=O)OC[C@H]2CCCO2)cc1OCc1ccccc1. The number of allylic oxidation sites excluding steroid dienone is 1. The number of amides is 2. The molecule has 2 atom stereocenters. The Morgan fingerprint density at radius 2 is 1.97 bits per heavy atom. The van der Waals surface area contributed by atoms with E-state index in [0.29, 0.717) is 41.5 Å². The van der Waals surface area contributed by atoms with Crippen molar-refractivity contribution in [2.24, 2.45) is 0 Å². The second-order valence-electron chi connectivity index (χ2n) is 7.99. The number of hydrogen-bond acceptors (Lipinski definition) is 6. The molecule has 2 N–H and O–H groups in total. The fourth-order valence-corrected chi connectivity index (χ4v) is 3.96. The highest BCUT2D eigenvalue weighted by Gasteiger charge is 2.33. The second-order valence-corrected chi connectivity index (χ2v) is 7.99. The Morgan fingerprint density at radius 1 is 1.15 bits per heavy atom. The van der Waals surface area contributed by atoms with Gasteiger partial charge < -0.3 is 29.6 Å². The van der Waals surface area contributed by atoms with Crippen LogP contribution in [0.15, 0.2) is 59.8 Å². The van der Waals surface area contributed by atoms with Crippen molar-refractivity contribution in [2.75, 3.05) is 20.3 Å². The Balaban J connectivity index is 1.57. The topological polar surface area (TPSA) is 95.1 Å². The van der Waals surface area contributed by atoms with Crippen LogP contribution < -0.4 is 20.1 Å². The summed E-state index contributed by atoms with van der Waals surface area (Å²) in [6.45, 7) is 2.90. The van der Waals surface area contributed by atoms with E-state index in [2.05, 4.69) is 10.6 Å². The zero-order valence-corrected chi connectivity index (χ0v) is 18.8. The number of urea groups is 1. The smallest absolute Gasteiger partial charge is 0.338 e. The fourth-order valence-electron chi connectivity index (χ4n) is 3.96. The largest absolute Gasteiger partial charge is 0.493 e. The number of carbonyl (C=O) groups excluding carboxylic acids is 2. The minimum Gasteiger partial charge on any atom is -0.493 e. The molecular formula is C25H28N2O6. The molecule has 0 saturated carbocycles. The van der Waals surface area contributed by atoms with Gasteiger partial charge in [-0.2, -0.15) is 0 Å². The van der Waals surface area contributed by atoms with Crippen molar-refractivity contribution in [3.05, 3.63) is 70.9 Å². The number of methoxy groups -OCH3 is 1. The first-order valence-corrected chi connectivity index (χ1v) is 11.0. The number of benzene rings is 2. The number of hydrogen-bond donors (Lipinski definition) is 2. The van der Waals surface area contributed by atoms with Crippen LogP contribution in [0.5, 0.6) is 11.5 Å². The molecule has 2 aromatic rings. The van der Waals surface area contributed by atoms with Gasteiger partial charge in [-0.05, 0) is 43.0 Å². The first-order valence-electron chi connectivity index (χ1n) is 11.0. The lowest BCUT2D eigenvalue weighted by molar-refractivity contribution is -0.142. The van der Waals surface area contributed by atoms with E-state index in [1.807, 2.05) is 30.3 Å². The predicted octanol–water partition coefficient (Wildman–Crippen LogP) is 3.62. The van der Waals surface area contributed by atoms with E-state index in [1.54, 1.807) is 32.2 Å². The molecule has 0 aromatic heterocycles. The maximum absolute atomic E-state index is 13.0. The van der Waals surface area contributed by atoms with Crippen molar-refractivity contribution in [3.63, 3.8) is 0 Å². The van der Waals surface area contributed by atoms with E-state index in [-0.39, 0.29) is 12.7 Å². The normalized spacial score (nSPS) is 20.1. The maximum atomic E-state index is 13.0. The summed E-state index contributed by atoms with van der Waals surface area (Å²) < 4.78 is 22.5. The van der Waals surface area contributed by atoms with Gasteiger partial charge in [0.1, 0.15) is 13.2 Å². The van der Waals surface area contributed by atoms with E-state index in [0.717, 1.165) is 18.4 Å². The van der Waals surface area contributed by atoms with Crippen LogP contribution in [0.25, 0.3) is 0 Å². The van der Waals surface area contributed by atoms with Gasteiger partial charge in [-0.15, -0.1) is 0 Å².